The third kappa shape index (κ3) is 4.73. The van der Waals surface area contributed by atoms with E-state index in [0.717, 1.165) is 22.2 Å². The lowest BCUT2D eigenvalue weighted by Gasteiger charge is -2.32. The van der Waals surface area contributed by atoms with E-state index in [4.69, 9.17) is 24.3 Å². The van der Waals surface area contributed by atoms with Crippen LogP contribution in [0.25, 0.3) is 34.2 Å². The molecule has 1 aromatic heterocycles. The molecule has 0 unspecified atom stereocenters. The van der Waals surface area contributed by atoms with Gasteiger partial charge in [-0.25, -0.2) is 15.0 Å². The van der Waals surface area contributed by atoms with E-state index in [1.807, 2.05) is 76.2 Å². The summed E-state index contributed by atoms with van der Waals surface area (Å²) in [5, 5.41) is 18.3. The minimum atomic E-state index is -0.511. The SMILES string of the molecule is CC1(C)OB(c2cccc(-c3nc(-c4ccc(C#N)cc4)nc(-c4ccc(C#N)cc4)n3)c2)OC1(C)C. The fourth-order valence-corrected chi connectivity index (χ4v) is 3.95. The monoisotopic (exact) mass is 485 g/mol. The van der Waals surface area contributed by atoms with Gasteiger partial charge in [-0.1, -0.05) is 24.3 Å². The Kier molecular flexibility index (Phi) is 6.09. The van der Waals surface area contributed by atoms with Crippen LogP contribution < -0.4 is 5.46 Å². The number of nitriles is 2. The average Bonchev–Trinajstić information content (AvgIpc) is 3.15. The van der Waals surface area contributed by atoms with Crippen molar-refractivity contribution in [1.82, 2.24) is 15.0 Å². The molecule has 0 radical (unpaired) electrons. The summed E-state index contributed by atoms with van der Waals surface area (Å²) >= 11 is 0. The second kappa shape index (κ2) is 9.26. The first-order chi connectivity index (χ1) is 17.7. The van der Waals surface area contributed by atoms with E-state index in [-0.39, 0.29) is 0 Å². The molecule has 5 rings (SSSR count). The molecule has 2 heterocycles. The third-order valence-electron chi connectivity index (χ3n) is 6.85. The first kappa shape index (κ1) is 24.3. The van der Waals surface area contributed by atoms with Crippen LogP contribution in [0.4, 0.5) is 0 Å². The Morgan fingerprint density at radius 2 is 1.05 bits per heavy atom. The molecule has 1 aliphatic rings. The number of rotatable bonds is 4. The second-order valence-corrected chi connectivity index (χ2v) is 9.90. The molecule has 7 nitrogen and oxygen atoms in total. The molecule has 0 bridgehead atoms. The van der Waals surface area contributed by atoms with Crippen molar-refractivity contribution < 1.29 is 9.31 Å². The number of benzene rings is 3. The Morgan fingerprint density at radius 3 is 1.49 bits per heavy atom. The minimum absolute atomic E-state index is 0.452. The summed E-state index contributed by atoms with van der Waals surface area (Å²) in [6, 6.07) is 26.3. The maximum atomic E-state index is 9.17. The van der Waals surface area contributed by atoms with E-state index >= 15 is 0 Å². The summed E-state index contributed by atoms with van der Waals surface area (Å²) in [5.41, 5.74) is 3.40. The smallest absolute Gasteiger partial charge is 0.399 e. The molecule has 0 saturated carbocycles. The average molecular weight is 485 g/mol. The molecule has 4 aromatic rings. The van der Waals surface area contributed by atoms with Crippen LogP contribution in [0.3, 0.4) is 0 Å². The van der Waals surface area contributed by atoms with E-state index in [1.54, 1.807) is 24.3 Å². The largest absolute Gasteiger partial charge is 0.494 e. The van der Waals surface area contributed by atoms with Gasteiger partial charge < -0.3 is 9.31 Å². The molecule has 3 aromatic carbocycles. The molecule has 0 atom stereocenters. The highest BCUT2D eigenvalue weighted by Gasteiger charge is 2.51. The topological polar surface area (TPSA) is 105 Å². The highest BCUT2D eigenvalue weighted by molar-refractivity contribution is 6.62. The molecule has 180 valence electrons. The van der Waals surface area contributed by atoms with Gasteiger partial charge in [-0.2, -0.15) is 10.5 Å². The van der Waals surface area contributed by atoms with Crippen LogP contribution in [0.15, 0.2) is 72.8 Å². The summed E-state index contributed by atoms with van der Waals surface area (Å²) in [7, 11) is -0.511. The van der Waals surface area contributed by atoms with Crippen molar-refractivity contribution in [2.75, 3.05) is 0 Å². The number of hydrogen-bond acceptors (Lipinski definition) is 7. The summed E-state index contributed by atoms with van der Waals surface area (Å²) in [6.45, 7) is 8.10. The number of hydrogen-bond donors (Lipinski definition) is 0. The van der Waals surface area contributed by atoms with Gasteiger partial charge in [0.05, 0.1) is 34.5 Å². The number of nitrogens with zero attached hydrogens (tertiary/aromatic N) is 5. The Balaban J connectivity index is 1.60. The van der Waals surface area contributed by atoms with Crippen molar-refractivity contribution >= 4 is 12.6 Å². The van der Waals surface area contributed by atoms with Gasteiger partial charge in [0.15, 0.2) is 17.5 Å². The maximum Gasteiger partial charge on any atom is 0.494 e. The van der Waals surface area contributed by atoms with Crippen LogP contribution in [-0.4, -0.2) is 33.3 Å². The highest BCUT2D eigenvalue weighted by Crippen LogP contribution is 2.36. The summed E-state index contributed by atoms with van der Waals surface area (Å²) in [5.74, 6) is 1.46. The van der Waals surface area contributed by atoms with E-state index < -0.39 is 18.3 Å². The Morgan fingerprint density at radius 1 is 0.622 bits per heavy atom. The van der Waals surface area contributed by atoms with Crippen LogP contribution in [0, 0.1) is 22.7 Å². The lowest BCUT2D eigenvalue weighted by molar-refractivity contribution is 0.00578. The predicted molar refractivity (Wildman–Crippen MR) is 141 cm³/mol. The molecule has 37 heavy (non-hydrogen) atoms. The summed E-state index contributed by atoms with van der Waals surface area (Å²) in [4.78, 5) is 14.3. The van der Waals surface area contributed by atoms with Gasteiger partial charge in [0, 0.05) is 16.7 Å². The molecule has 0 N–H and O–H groups in total. The Bertz CT molecular complexity index is 1460. The Hall–Kier alpha value is -4.37. The van der Waals surface area contributed by atoms with Crippen LogP contribution in [0.1, 0.15) is 38.8 Å². The van der Waals surface area contributed by atoms with Gasteiger partial charge in [0.25, 0.3) is 0 Å². The summed E-state index contributed by atoms with van der Waals surface area (Å²) < 4.78 is 12.5. The van der Waals surface area contributed by atoms with Gasteiger partial charge in [0.1, 0.15) is 0 Å². The standard InChI is InChI=1S/C29H24BN5O2/c1-28(2)29(3,4)37-30(36-28)24-7-5-6-23(16-24)27-34-25(21-12-8-19(17-31)9-13-21)33-26(35-27)22-14-10-20(18-32)11-15-22/h5-16H,1-4H3. The molecule has 1 saturated heterocycles. The first-order valence-electron chi connectivity index (χ1n) is 11.9. The Labute approximate surface area is 216 Å². The fraction of sp³-hybridized carbons (Fsp3) is 0.207. The van der Waals surface area contributed by atoms with Crippen LogP contribution in [0.2, 0.25) is 0 Å². The van der Waals surface area contributed by atoms with Crippen molar-refractivity contribution in [1.29, 1.82) is 10.5 Å². The zero-order valence-electron chi connectivity index (χ0n) is 21.1. The van der Waals surface area contributed by atoms with E-state index in [9.17, 15) is 10.5 Å². The fourth-order valence-electron chi connectivity index (χ4n) is 3.95. The lowest BCUT2D eigenvalue weighted by atomic mass is 9.78. The van der Waals surface area contributed by atoms with Gasteiger partial charge >= 0.3 is 7.12 Å². The predicted octanol–water partition coefficient (Wildman–Crippen LogP) is 4.92. The maximum absolute atomic E-state index is 9.17. The van der Waals surface area contributed by atoms with E-state index in [0.29, 0.717) is 28.6 Å². The van der Waals surface area contributed by atoms with E-state index in [1.165, 1.54) is 0 Å². The van der Waals surface area contributed by atoms with Gasteiger partial charge in [-0.15, -0.1) is 0 Å². The minimum Gasteiger partial charge on any atom is -0.399 e. The van der Waals surface area contributed by atoms with E-state index in [2.05, 4.69) is 12.1 Å². The second-order valence-electron chi connectivity index (χ2n) is 9.90. The van der Waals surface area contributed by atoms with Gasteiger partial charge in [0.2, 0.25) is 0 Å². The lowest BCUT2D eigenvalue weighted by Crippen LogP contribution is -2.41. The van der Waals surface area contributed by atoms with Crippen molar-refractivity contribution in [2.24, 2.45) is 0 Å². The van der Waals surface area contributed by atoms with Crippen molar-refractivity contribution in [3.05, 3.63) is 83.9 Å². The van der Waals surface area contributed by atoms with Gasteiger partial charge in [-0.05, 0) is 81.7 Å². The number of aromatic nitrogens is 3. The first-order valence-corrected chi connectivity index (χ1v) is 11.9. The molecular formula is C29H24BN5O2. The molecule has 0 aliphatic carbocycles. The molecule has 0 amide bonds. The zero-order valence-corrected chi connectivity index (χ0v) is 21.1. The van der Waals surface area contributed by atoms with Crippen molar-refractivity contribution in [2.45, 2.75) is 38.9 Å². The zero-order chi connectivity index (χ0) is 26.2. The van der Waals surface area contributed by atoms with Gasteiger partial charge in [-0.3, -0.25) is 0 Å². The molecule has 1 aliphatic heterocycles. The normalized spacial score (nSPS) is 15.7. The summed E-state index contributed by atoms with van der Waals surface area (Å²) in [6.07, 6.45) is 0. The van der Waals surface area contributed by atoms with Crippen LogP contribution in [0.5, 0.6) is 0 Å². The van der Waals surface area contributed by atoms with Crippen molar-refractivity contribution in [3.8, 4) is 46.3 Å². The van der Waals surface area contributed by atoms with Crippen molar-refractivity contribution in [3.63, 3.8) is 0 Å². The van der Waals surface area contributed by atoms with Crippen LogP contribution in [-0.2, 0) is 9.31 Å². The molecule has 8 heteroatoms. The van der Waals surface area contributed by atoms with Crippen LogP contribution >= 0.6 is 0 Å². The molecule has 1 fully saturated rings. The quantitative estimate of drug-likeness (QED) is 0.378. The molecular weight excluding hydrogens is 461 g/mol. The molecule has 0 spiro atoms. The third-order valence-corrected chi connectivity index (χ3v) is 6.85. The highest BCUT2D eigenvalue weighted by atomic mass is 16.7.